The first-order valence-electron chi connectivity index (χ1n) is 8.46. The Hall–Kier alpha value is -2.51. The van der Waals surface area contributed by atoms with Crippen LogP contribution in [0.15, 0.2) is 52.3 Å². The highest BCUT2D eigenvalue weighted by atomic mass is 32.2. The van der Waals surface area contributed by atoms with Crippen LogP contribution in [0.3, 0.4) is 0 Å². The van der Waals surface area contributed by atoms with E-state index in [9.17, 15) is 18.0 Å². The highest BCUT2D eigenvalue weighted by Crippen LogP contribution is 2.35. The van der Waals surface area contributed by atoms with Crippen molar-refractivity contribution in [2.24, 2.45) is 0 Å². The van der Waals surface area contributed by atoms with Gasteiger partial charge in [0.2, 0.25) is 9.84 Å². The lowest BCUT2D eigenvalue weighted by Crippen LogP contribution is -2.52. The molecule has 0 radical (unpaired) electrons. The summed E-state index contributed by atoms with van der Waals surface area (Å²) in [6.45, 7) is 3.90. The molecule has 26 heavy (non-hydrogen) atoms. The molecule has 134 valence electrons. The molecule has 0 aromatic heterocycles. The molecule has 0 spiro atoms. The van der Waals surface area contributed by atoms with Gasteiger partial charge >= 0.3 is 0 Å². The first kappa shape index (κ1) is 16.9. The van der Waals surface area contributed by atoms with Crippen molar-refractivity contribution >= 4 is 21.5 Å². The van der Waals surface area contributed by atoms with Gasteiger partial charge in [-0.25, -0.2) is 8.42 Å². The fourth-order valence-electron chi connectivity index (χ4n) is 3.53. The third-order valence-electron chi connectivity index (χ3n) is 4.95. The Bertz CT molecular complexity index is 1030. The molecule has 0 bridgehead atoms. The number of ketones is 1. The van der Waals surface area contributed by atoms with Crippen LogP contribution in [0.25, 0.3) is 0 Å². The highest BCUT2D eigenvalue weighted by Gasteiger charge is 2.35. The van der Waals surface area contributed by atoms with E-state index >= 15 is 0 Å². The maximum Gasteiger partial charge on any atom is 0.254 e. The highest BCUT2D eigenvalue weighted by molar-refractivity contribution is 7.91. The number of rotatable bonds is 1. The van der Waals surface area contributed by atoms with Crippen molar-refractivity contribution in [3.63, 3.8) is 0 Å². The second-order valence-corrected chi connectivity index (χ2v) is 8.48. The van der Waals surface area contributed by atoms with E-state index in [0.29, 0.717) is 19.6 Å². The van der Waals surface area contributed by atoms with E-state index < -0.39 is 9.84 Å². The van der Waals surface area contributed by atoms with Gasteiger partial charge in [0.25, 0.3) is 5.91 Å². The van der Waals surface area contributed by atoms with Crippen molar-refractivity contribution in [3.8, 4) is 0 Å². The lowest BCUT2D eigenvalue weighted by molar-refractivity contribution is 0.0655. The second kappa shape index (κ2) is 6.03. The van der Waals surface area contributed by atoms with Crippen molar-refractivity contribution in [3.05, 3.63) is 59.2 Å². The van der Waals surface area contributed by atoms with Gasteiger partial charge in [0.05, 0.1) is 9.79 Å². The molecule has 0 unspecified atom stereocenters. The van der Waals surface area contributed by atoms with Gasteiger partial charge in [-0.3, -0.25) is 9.59 Å². The molecule has 2 aromatic carbocycles. The van der Waals surface area contributed by atoms with Gasteiger partial charge in [0, 0.05) is 42.4 Å². The Morgan fingerprint density at radius 1 is 1.12 bits per heavy atom. The van der Waals surface area contributed by atoms with E-state index in [-0.39, 0.29) is 44.2 Å². The number of nitrogens with one attached hydrogen (secondary N) is 1. The van der Waals surface area contributed by atoms with Crippen LogP contribution in [0.1, 0.15) is 33.2 Å². The van der Waals surface area contributed by atoms with Crippen LogP contribution in [0.5, 0.6) is 0 Å². The van der Waals surface area contributed by atoms with Crippen LogP contribution in [0.4, 0.5) is 0 Å². The summed E-state index contributed by atoms with van der Waals surface area (Å²) >= 11 is 0. The smallest absolute Gasteiger partial charge is 0.254 e. The summed E-state index contributed by atoms with van der Waals surface area (Å²) in [5.74, 6) is -0.553. The molecule has 2 aliphatic heterocycles. The number of sulfone groups is 1. The van der Waals surface area contributed by atoms with Crippen LogP contribution >= 0.6 is 0 Å². The Morgan fingerprint density at radius 3 is 2.62 bits per heavy atom. The molecule has 1 amide bonds. The number of carbonyl (C=O) groups is 2. The van der Waals surface area contributed by atoms with Crippen LogP contribution in [0, 0.1) is 0 Å². The minimum absolute atomic E-state index is 0.00219. The van der Waals surface area contributed by atoms with Gasteiger partial charge in [-0.2, -0.15) is 0 Å². The molecule has 1 saturated heterocycles. The molecule has 6 nitrogen and oxygen atoms in total. The SMILES string of the molecule is C[C@@H]1CNCCN1C(=O)c1ccc2c(c1)S(=O)(=O)c1ccccc1C2=O. The average Bonchev–Trinajstić information content (AvgIpc) is 2.66. The third kappa shape index (κ3) is 2.47. The number of hydrogen-bond acceptors (Lipinski definition) is 5. The van der Waals surface area contributed by atoms with Crippen LogP contribution in [0.2, 0.25) is 0 Å². The molecule has 1 atom stereocenters. The molecular formula is C19H18N2O4S. The largest absolute Gasteiger partial charge is 0.333 e. The summed E-state index contributed by atoms with van der Waals surface area (Å²) < 4.78 is 25.9. The molecule has 2 aliphatic rings. The predicted molar refractivity (Wildman–Crippen MR) is 95.1 cm³/mol. The first-order valence-corrected chi connectivity index (χ1v) is 9.94. The predicted octanol–water partition coefficient (Wildman–Crippen LogP) is 1.50. The summed E-state index contributed by atoms with van der Waals surface area (Å²) in [6, 6.07) is 10.5. The number of amides is 1. The minimum Gasteiger partial charge on any atom is -0.333 e. The normalized spacial score (nSPS) is 21.0. The molecule has 2 heterocycles. The summed E-state index contributed by atoms with van der Waals surface area (Å²) in [7, 11) is -3.84. The zero-order valence-electron chi connectivity index (χ0n) is 14.2. The Kier molecular flexibility index (Phi) is 3.93. The van der Waals surface area contributed by atoms with Crippen molar-refractivity contribution in [1.29, 1.82) is 0 Å². The number of benzene rings is 2. The van der Waals surface area contributed by atoms with Gasteiger partial charge in [-0.05, 0) is 37.3 Å². The van der Waals surface area contributed by atoms with Crippen LogP contribution in [-0.4, -0.2) is 50.7 Å². The number of fused-ring (bicyclic) bond motifs is 2. The molecule has 7 heteroatoms. The molecule has 2 aromatic rings. The van der Waals surface area contributed by atoms with Gasteiger partial charge in [0.1, 0.15) is 0 Å². The maximum atomic E-state index is 13.0. The lowest BCUT2D eigenvalue weighted by atomic mass is 10.0. The van der Waals surface area contributed by atoms with Crippen molar-refractivity contribution in [2.75, 3.05) is 19.6 Å². The summed E-state index contributed by atoms with van der Waals surface area (Å²) in [6.07, 6.45) is 0. The van der Waals surface area contributed by atoms with Crippen LogP contribution in [-0.2, 0) is 9.84 Å². The van der Waals surface area contributed by atoms with Crippen molar-refractivity contribution in [1.82, 2.24) is 10.2 Å². The van der Waals surface area contributed by atoms with E-state index in [1.807, 2.05) is 6.92 Å². The second-order valence-electron chi connectivity index (χ2n) is 6.59. The Morgan fingerprint density at radius 2 is 1.85 bits per heavy atom. The van der Waals surface area contributed by atoms with E-state index in [4.69, 9.17) is 0 Å². The number of piperazine rings is 1. The Balaban J connectivity index is 1.81. The van der Waals surface area contributed by atoms with Crippen LogP contribution < -0.4 is 5.32 Å². The molecule has 0 aliphatic carbocycles. The van der Waals surface area contributed by atoms with Gasteiger partial charge < -0.3 is 10.2 Å². The number of nitrogens with zero attached hydrogens (tertiary/aromatic N) is 1. The van der Waals surface area contributed by atoms with Gasteiger partial charge in [-0.15, -0.1) is 0 Å². The number of carbonyl (C=O) groups excluding carboxylic acids is 2. The summed E-state index contributed by atoms with van der Waals surface area (Å²) in [5.41, 5.74) is 0.580. The quantitative estimate of drug-likeness (QED) is 0.702. The topological polar surface area (TPSA) is 83.6 Å². The minimum atomic E-state index is -3.84. The van der Waals surface area contributed by atoms with E-state index in [2.05, 4.69) is 5.32 Å². The lowest BCUT2D eigenvalue weighted by Gasteiger charge is -2.34. The molecule has 4 rings (SSSR count). The van der Waals surface area contributed by atoms with E-state index in [1.54, 1.807) is 17.0 Å². The Labute approximate surface area is 151 Å². The van der Waals surface area contributed by atoms with Gasteiger partial charge in [-0.1, -0.05) is 12.1 Å². The van der Waals surface area contributed by atoms with Crippen molar-refractivity contribution in [2.45, 2.75) is 22.8 Å². The summed E-state index contributed by atoms with van der Waals surface area (Å²) in [5, 5.41) is 3.22. The zero-order chi connectivity index (χ0) is 18.5. The third-order valence-corrected chi connectivity index (χ3v) is 6.80. The summed E-state index contributed by atoms with van der Waals surface area (Å²) in [4.78, 5) is 27.2. The van der Waals surface area contributed by atoms with Gasteiger partial charge in [0.15, 0.2) is 5.78 Å². The maximum absolute atomic E-state index is 13.0. The standard InChI is InChI=1S/C19H18N2O4S/c1-12-11-20-8-9-21(12)19(23)13-6-7-15-17(10-13)26(24,25)16-5-3-2-4-14(16)18(15)22/h2-7,10,12,20H,8-9,11H2,1H3/t12-/m1/s1. The van der Waals surface area contributed by atoms with E-state index in [1.165, 1.54) is 30.3 Å². The zero-order valence-corrected chi connectivity index (χ0v) is 15.0. The monoisotopic (exact) mass is 370 g/mol. The average molecular weight is 370 g/mol. The molecule has 0 saturated carbocycles. The first-order chi connectivity index (χ1) is 12.4. The fraction of sp³-hybridized carbons (Fsp3) is 0.263. The number of hydrogen-bond donors (Lipinski definition) is 1. The molecular weight excluding hydrogens is 352 g/mol. The molecule has 1 fully saturated rings. The van der Waals surface area contributed by atoms with Crippen molar-refractivity contribution < 1.29 is 18.0 Å². The molecule has 1 N–H and O–H groups in total. The fourth-order valence-corrected chi connectivity index (χ4v) is 5.20. The van der Waals surface area contributed by atoms with E-state index in [0.717, 1.165) is 0 Å².